The highest BCUT2D eigenvalue weighted by molar-refractivity contribution is 9.10. The first-order chi connectivity index (χ1) is 7.82. The third-order valence-electron chi connectivity index (χ3n) is 2.78. The minimum atomic E-state index is -0.698. The number of rotatable bonds is 2. The molecule has 1 aromatic rings. The average Bonchev–Trinajstić information content (AvgIpc) is 2.18. The van der Waals surface area contributed by atoms with E-state index in [0.717, 1.165) is 0 Å². The number of aromatic nitrogens is 1. The molecule has 92 valence electrons. The molecule has 1 N–H and O–H groups in total. The fourth-order valence-corrected chi connectivity index (χ4v) is 2.44. The molecule has 2 rings (SSSR count). The zero-order chi connectivity index (χ0) is 12.8. The summed E-state index contributed by atoms with van der Waals surface area (Å²) < 4.78 is 0.613. The average molecular weight is 302 g/mol. The smallest absolute Gasteiger partial charge is 0.291 e. The lowest BCUT2D eigenvalue weighted by Crippen LogP contribution is -2.60. The Morgan fingerprint density at radius 1 is 1.65 bits per heavy atom. The van der Waals surface area contributed by atoms with E-state index in [9.17, 15) is 15.2 Å². The van der Waals surface area contributed by atoms with Crippen LogP contribution in [0.15, 0.2) is 10.7 Å². The van der Waals surface area contributed by atoms with Crippen molar-refractivity contribution in [3.05, 3.63) is 26.3 Å². The molecule has 1 fully saturated rings. The summed E-state index contributed by atoms with van der Waals surface area (Å²) in [4.78, 5) is 16.2. The molecule has 0 aliphatic carbocycles. The molecule has 1 aromatic heterocycles. The van der Waals surface area contributed by atoms with Gasteiger partial charge in [0.25, 0.3) is 5.69 Å². The summed E-state index contributed by atoms with van der Waals surface area (Å²) >= 11 is 3.32. The van der Waals surface area contributed by atoms with Gasteiger partial charge in [-0.25, -0.2) is 4.98 Å². The standard InChI is InChI=1S/C10H12BrN3O3/c1-6-7(14(16)17)3-12-9(8(6)11)13-4-10(2,15)5-13/h3,15H,4-5H2,1-2H3. The van der Waals surface area contributed by atoms with E-state index < -0.39 is 10.5 Å². The molecule has 1 aliphatic heterocycles. The lowest BCUT2D eigenvalue weighted by atomic mass is 9.97. The van der Waals surface area contributed by atoms with Gasteiger partial charge in [-0.1, -0.05) is 0 Å². The van der Waals surface area contributed by atoms with Crippen molar-refractivity contribution >= 4 is 27.4 Å². The van der Waals surface area contributed by atoms with Crippen molar-refractivity contribution in [2.75, 3.05) is 18.0 Å². The van der Waals surface area contributed by atoms with Crippen molar-refractivity contribution in [2.45, 2.75) is 19.4 Å². The third-order valence-corrected chi connectivity index (χ3v) is 3.73. The zero-order valence-electron chi connectivity index (χ0n) is 9.47. The van der Waals surface area contributed by atoms with E-state index in [1.54, 1.807) is 13.8 Å². The predicted octanol–water partition coefficient (Wildman–Crippen LogP) is 1.63. The molecule has 1 saturated heterocycles. The highest BCUT2D eigenvalue weighted by atomic mass is 79.9. The maximum Gasteiger partial charge on any atom is 0.291 e. The van der Waals surface area contributed by atoms with Gasteiger partial charge in [0, 0.05) is 18.7 Å². The van der Waals surface area contributed by atoms with E-state index in [1.807, 2.05) is 4.90 Å². The Hall–Kier alpha value is -1.21. The summed E-state index contributed by atoms with van der Waals surface area (Å²) in [5, 5.41) is 20.4. The Labute approximate surface area is 107 Å². The Morgan fingerprint density at radius 3 is 2.71 bits per heavy atom. The Balaban J connectivity index is 2.33. The van der Waals surface area contributed by atoms with Crippen LogP contribution < -0.4 is 4.90 Å². The minimum Gasteiger partial charge on any atom is -0.386 e. The van der Waals surface area contributed by atoms with Crippen LogP contribution >= 0.6 is 15.9 Å². The number of aliphatic hydroxyl groups is 1. The van der Waals surface area contributed by atoms with Crippen LogP contribution in [0.5, 0.6) is 0 Å². The first-order valence-corrected chi connectivity index (χ1v) is 5.88. The van der Waals surface area contributed by atoms with Gasteiger partial charge < -0.3 is 10.0 Å². The molecular weight excluding hydrogens is 290 g/mol. The Morgan fingerprint density at radius 2 is 2.24 bits per heavy atom. The largest absolute Gasteiger partial charge is 0.386 e. The van der Waals surface area contributed by atoms with Crippen LogP contribution in [-0.2, 0) is 0 Å². The van der Waals surface area contributed by atoms with Crippen LogP contribution in [0.3, 0.4) is 0 Å². The van der Waals surface area contributed by atoms with E-state index in [1.165, 1.54) is 6.20 Å². The molecule has 0 unspecified atom stereocenters. The molecule has 17 heavy (non-hydrogen) atoms. The van der Waals surface area contributed by atoms with Crippen LogP contribution in [0.4, 0.5) is 11.5 Å². The molecule has 0 radical (unpaired) electrons. The van der Waals surface area contributed by atoms with Crippen LogP contribution in [0, 0.1) is 17.0 Å². The lowest BCUT2D eigenvalue weighted by Gasteiger charge is -2.45. The highest BCUT2D eigenvalue weighted by Crippen LogP contribution is 2.36. The third kappa shape index (κ3) is 2.12. The van der Waals surface area contributed by atoms with E-state index in [-0.39, 0.29) is 5.69 Å². The summed E-state index contributed by atoms with van der Waals surface area (Å²) in [7, 11) is 0. The van der Waals surface area contributed by atoms with Gasteiger partial charge in [-0.3, -0.25) is 10.1 Å². The molecule has 0 spiro atoms. The molecule has 7 heteroatoms. The van der Waals surface area contributed by atoms with Gasteiger partial charge in [0.15, 0.2) is 0 Å². The molecule has 0 amide bonds. The summed E-state index contributed by atoms with van der Waals surface area (Å²) in [5.41, 5.74) is -0.156. The van der Waals surface area contributed by atoms with Crippen LogP contribution in [0.25, 0.3) is 0 Å². The zero-order valence-corrected chi connectivity index (χ0v) is 11.1. The molecular formula is C10H12BrN3O3. The van der Waals surface area contributed by atoms with Crippen molar-refractivity contribution in [3.63, 3.8) is 0 Å². The number of hydrogen-bond acceptors (Lipinski definition) is 5. The monoisotopic (exact) mass is 301 g/mol. The summed E-state index contributed by atoms with van der Waals surface area (Å²) in [5.74, 6) is 0.639. The number of nitrogens with zero attached hydrogens (tertiary/aromatic N) is 3. The van der Waals surface area contributed by atoms with E-state index in [2.05, 4.69) is 20.9 Å². The second-order valence-electron chi connectivity index (χ2n) is 4.52. The first-order valence-electron chi connectivity index (χ1n) is 5.08. The van der Waals surface area contributed by atoms with Gasteiger partial charge in [-0.2, -0.15) is 0 Å². The number of anilines is 1. The molecule has 0 atom stereocenters. The molecule has 0 saturated carbocycles. The molecule has 6 nitrogen and oxygen atoms in total. The van der Waals surface area contributed by atoms with Gasteiger partial charge in [0.05, 0.1) is 15.0 Å². The number of halogens is 1. The lowest BCUT2D eigenvalue weighted by molar-refractivity contribution is -0.385. The van der Waals surface area contributed by atoms with Crippen LogP contribution in [0.1, 0.15) is 12.5 Å². The normalized spacial score (nSPS) is 17.8. The number of β-amino-alcohol motifs (C(OH)–C–C–N with tert-alkyl or cyclic N) is 1. The Bertz CT molecular complexity index is 482. The highest BCUT2D eigenvalue weighted by Gasteiger charge is 2.38. The fourth-order valence-electron chi connectivity index (χ4n) is 1.89. The SMILES string of the molecule is Cc1c([N+](=O)[O-])cnc(N2CC(C)(O)C2)c1Br. The van der Waals surface area contributed by atoms with Gasteiger partial charge >= 0.3 is 0 Å². The minimum absolute atomic E-state index is 0.00657. The van der Waals surface area contributed by atoms with Crippen molar-refractivity contribution in [1.82, 2.24) is 4.98 Å². The summed E-state index contributed by atoms with van der Waals surface area (Å²) in [6, 6.07) is 0. The molecule has 0 aromatic carbocycles. The van der Waals surface area contributed by atoms with Gasteiger partial charge in [0.1, 0.15) is 12.0 Å². The Kier molecular flexibility index (Phi) is 2.82. The second kappa shape index (κ2) is 3.92. The van der Waals surface area contributed by atoms with Gasteiger partial charge in [-0.15, -0.1) is 0 Å². The maximum absolute atomic E-state index is 10.7. The van der Waals surface area contributed by atoms with Crippen molar-refractivity contribution in [3.8, 4) is 0 Å². The van der Waals surface area contributed by atoms with Crippen LogP contribution in [0.2, 0.25) is 0 Å². The van der Waals surface area contributed by atoms with Crippen molar-refractivity contribution in [1.29, 1.82) is 0 Å². The number of hydrogen-bond donors (Lipinski definition) is 1. The molecule has 1 aliphatic rings. The summed E-state index contributed by atoms with van der Waals surface area (Å²) in [6.45, 7) is 4.38. The predicted molar refractivity (Wildman–Crippen MR) is 66.2 cm³/mol. The van der Waals surface area contributed by atoms with E-state index in [4.69, 9.17) is 0 Å². The van der Waals surface area contributed by atoms with Crippen molar-refractivity contribution in [2.24, 2.45) is 0 Å². The summed E-state index contributed by atoms with van der Waals surface area (Å²) in [6.07, 6.45) is 1.25. The quantitative estimate of drug-likeness (QED) is 0.663. The maximum atomic E-state index is 10.7. The van der Waals surface area contributed by atoms with Crippen LogP contribution in [-0.4, -0.2) is 33.7 Å². The fraction of sp³-hybridized carbons (Fsp3) is 0.500. The van der Waals surface area contributed by atoms with Gasteiger partial charge in [-0.05, 0) is 29.8 Å². The molecule has 2 heterocycles. The second-order valence-corrected chi connectivity index (χ2v) is 5.31. The number of nitro groups is 1. The van der Waals surface area contributed by atoms with E-state index >= 15 is 0 Å². The van der Waals surface area contributed by atoms with E-state index in [0.29, 0.717) is 28.9 Å². The van der Waals surface area contributed by atoms with Gasteiger partial charge in [0.2, 0.25) is 0 Å². The molecule has 0 bridgehead atoms. The number of pyridine rings is 1. The van der Waals surface area contributed by atoms with Crippen molar-refractivity contribution < 1.29 is 10.0 Å². The first kappa shape index (κ1) is 12.3. The topological polar surface area (TPSA) is 79.5 Å².